The van der Waals surface area contributed by atoms with Crippen LogP contribution in [0, 0.1) is 6.92 Å². The average Bonchev–Trinajstić information content (AvgIpc) is 2.69. The number of amides is 1. The van der Waals surface area contributed by atoms with Crippen LogP contribution in [0.3, 0.4) is 0 Å². The summed E-state index contributed by atoms with van der Waals surface area (Å²) in [5, 5.41) is 0. The van der Waals surface area contributed by atoms with E-state index in [-0.39, 0.29) is 5.91 Å². The highest BCUT2D eigenvalue weighted by molar-refractivity contribution is 5.98. The quantitative estimate of drug-likeness (QED) is 0.749. The lowest BCUT2D eigenvalue weighted by Gasteiger charge is -2.16. The van der Waals surface area contributed by atoms with Crippen LogP contribution in [0.25, 0.3) is 0 Å². The van der Waals surface area contributed by atoms with E-state index in [9.17, 15) is 4.79 Å². The van der Waals surface area contributed by atoms with Gasteiger partial charge in [0, 0.05) is 30.7 Å². The number of carbonyl (C=O) groups excluding carboxylic acids is 1. The lowest BCUT2D eigenvalue weighted by atomic mass is 10.2. The molecule has 0 aromatic carbocycles. The van der Waals surface area contributed by atoms with Crippen LogP contribution >= 0.6 is 0 Å². The highest BCUT2D eigenvalue weighted by Gasteiger charge is 2.21. The molecule has 0 aliphatic carbocycles. The smallest absolute Gasteiger partial charge is 0.257 e. The van der Waals surface area contributed by atoms with Gasteiger partial charge in [-0.05, 0) is 25.8 Å². The minimum Gasteiger partial charge on any atom is -0.398 e. The molecule has 15 heavy (non-hydrogen) atoms. The van der Waals surface area contributed by atoms with Gasteiger partial charge in [-0.3, -0.25) is 9.78 Å². The number of rotatable bonds is 1. The number of nitrogens with two attached hydrogens (primary N) is 1. The summed E-state index contributed by atoms with van der Waals surface area (Å²) in [5.74, 6) is 0.0116. The van der Waals surface area contributed by atoms with Gasteiger partial charge in [0.25, 0.3) is 5.91 Å². The van der Waals surface area contributed by atoms with Gasteiger partial charge in [0.05, 0.1) is 5.56 Å². The van der Waals surface area contributed by atoms with Crippen LogP contribution in [0.4, 0.5) is 5.69 Å². The summed E-state index contributed by atoms with van der Waals surface area (Å²) in [4.78, 5) is 17.9. The Morgan fingerprint density at radius 2 is 2.13 bits per heavy atom. The number of likely N-dealkylation sites (tertiary alicyclic amines) is 1. The van der Waals surface area contributed by atoms with Crippen molar-refractivity contribution in [1.82, 2.24) is 9.88 Å². The number of nitrogens with zero attached hydrogens (tertiary/aromatic N) is 2. The Balaban J connectivity index is 2.24. The molecule has 0 atom stereocenters. The normalized spacial score (nSPS) is 15.7. The predicted octanol–water partition coefficient (Wildman–Crippen LogP) is 1.21. The molecule has 0 unspecified atom stereocenters. The van der Waals surface area contributed by atoms with E-state index >= 15 is 0 Å². The zero-order valence-corrected chi connectivity index (χ0v) is 8.86. The summed E-state index contributed by atoms with van der Waals surface area (Å²) < 4.78 is 0. The minimum atomic E-state index is 0.0116. The van der Waals surface area contributed by atoms with Gasteiger partial charge in [0.2, 0.25) is 0 Å². The third kappa shape index (κ3) is 1.93. The molecule has 0 spiro atoms. The second-order valence-corrected chi connectivity index (χ2v) is 3.91. The molecule has 0 saturated carbocycles. The second-order valence-electron chi connectivity index (χ2n) is 3.91. The molecule has 1 aliphatic heterocycles. The number of hydrogen-bond acceptors (Lipinski definition) is 3. The Morgan fingerprint density at radius 1 is 1.47 bits per heavy atom. The molecule has 1 fully saturated rings. The van der Waals surface area contributed by atoms with E-state index in [1.165, 1.54) is 0 Å². The van der Waals surface area contributed by atoms with Gasteiger partial charge in [-0.15, -0.1) is 0 Å². The van der Waals surface area contributed by atoms with Gasteiger partial charge >= 0.3 is 0 Å². The van der Waals surface area contributed by atoms with E-state index in [2.05, 4.69) is 4.98 Å². The van der Waals surface area contributed by atoms with Gasteiger partial charge in [-0.1, -0.05) is 0 Å². The van der Waals surface area contributed by atoms with Gasteiger partial charge in [-0.2, -0.15) is 0 Å². The van der Waals surface area contributed by atoms with Gasteiger partial charge in [0.15, 0.2) is 0 Å². The van der Waals surface area contributed by atoms with Crippen LogP contribution in [0.15, 0.2) is 12.3 Å². The van der Waals surface area contributed by atoms with E-state index < -0.39 is 0 Å². The molecular formula is C11H15N3O. The summed E-state index contributed by atoms with van der Waals surface area (Å²) >= 11 is 0. The largest absolute Gasteiger partial charge is 0.398 e. The zero-order valence-electron chi connectivity index (χ0n) is 8.86. The lowest BCUT2D eigenvalue weighted by Crippen LogP contribution is -2.28. The Labute approximate surface area is 89.1 Å². The summed E-state index contributed by atoms with van der Waals surface area (Å²) in [5.41, 5.74) is 7.70. The molecule has 0 radical (unpaired) electrons. The Kier molecular flexibility index (Phi) is 2.58. The van der Waals surface area contributed by atoms with E-state index in [4.69, 9.17) is 5.73 Å². The molecule has 80 valence electrons. The fourth-order valence-electron chi connectivity index (χ4n) is 1.85. The van der Waals surface area contributed by atoms with Crippen LogP contribution in [-0.4, -0.2) is 28.9 Å². The van der Waals surface area contributed by atoms with Crippen molar-refractivity contribution in [2.45, 2.75) is 19.8 Å². The second kappa shape index (κ2) is 3.88. The molecule has 2 N–H and O–H groups in total. The molecular weight excluding hydrogens is 190 g/mol. The Hall–Kier alpha value is -1.58. The first-order valence-corrected chi connectivity index (χ1v) is 5.20. The van der Waals surface area contributed by atoms with Crippen molar-refractivity contribution >= 4 is 11.6 Å². The third-order valence-corrected chi connectivity index (χ3v) is 2.70. The van der Waals surface area contributed by atoms with Crippen LogP contribution in [0.5, 0.6) is 0 Å². The summed E-state index contributed by atoms with van der Waals surface area (Å²) in [7, 11) is 0. The maximum Gasteiger partial charge on any atom is 0.257 e. The van der Waals surface area contributed by atoms with Gasteiger partial charge in [-0.25, -0.2) is 0 Å². The average molecular weight is 205 g/mol. The summed E-state index contributed by atoms with van der Waals surface area (Å²) in [6.07, 6.45) is 3.75. The van der Waals surface area contributed by atoms with E-state index in [1.54, 1.807) is 12.3 Å². The highest BCUT2D eigenvalue weighted by Crippen LogP contribution is 2.17. The molecule has 1 aliphatic rings. The SMILES string of the molecule is Cc1cc(N)c(C(=O)N2CCCC2)cn1. The van der Waals surface area contributed by atoms with Crippen LogP contribution < -0.4 is 5.73 Å². The monoisotopic (exact) mass is 205 g/mol. The standard InChI is InChI=1S/C11H15N3O/c1-8-6-10(12)9(7-13-8)11(15)14-4-2-3-5-14/h6-7H,2-5H2,1H3,(H2,12,13). The minimum absolute atomic E-state index is 0.0116. The first kappa shape index (κ1) is 9.96. The van der Waals surface area contributed by atoms with Crippen molar-refractivity contribution in [1.29, 1.82) is 0 Å². The number of anilines is 1. The van der Waals surface area contributed by atoms with E-state index in [1.807, 2.05) is 11.8 Å². The molecule has 1 saturated heterocycles. The number of aryl methyl sites for hydroxylation is 1. The van der Waals surface area contributed by atoms with Crippen LogP contribution in [0.2, 0.25) is 0 Å². The number of carbonyl (C=O) groups is 1. The number of pyridine rings is 1. The van der Waals surface area contributed by atoms with Crippen LogP contribution in [-0.2, 0) is 0 Å². The topological polar surface area (TPSA) is 59.2 Å². The fourth-order valence-corrected chi connectivity index (χ4v) is 1.85. The molecule has 0 bridgehead atoms. The summed E-state index contributed by atoms with van der Waals surface area (Å²) in [6, 6.07) is 1.74. The molecule has 1 aromatic heterocycles. The number of nitrogen functional groups attached to an aromatic ring is 1. The fraction of sp³-hybridized carbons (Fsp3) is 0.455. The van der Waals surface area contributed by atoms with Crippen molar-refractivity contribution in [3.8, 4) is 0 Å². The first-order chi connectivity index (χ1) is 7.18. The predicted molar refractivity (Wildman–Crippen MR) is 58.5 cm³/mol. The van der Waals surface area contributed by atoms with E-state index in [0.29, 0.717) is 11.3 Å². The molecule has 1 aromatic rings. The van der Waals surface area contributed by atoms with Crippen molar-refractivity contribution in [2.75, 3.05) is 18.8 Å². The van der Waals surface area contributed by atoms with Crippen molar-refractivity contribution < 1.29 is 4.79 Å². The number of hydrogen-bond donors (Lipinski definition) is 1. The van der Waals surface area contributed by atoms with Gasteiger partial charge in [0.1, 0.15) is 0 Å². The maximum absolute atomic E-state index is 12.0. The third-order valence-electron chi connectivity index (χ3n) is 2.70. The van der Waals surface area contributed by atoms with E-state index in [0.717, 1.165) is 31.6 Å². The zero-order chi connectivity index (χ0) is 10.8. The van der Waals surface area contributed by atoms with Crippen molar-refractivity contribution in [3.63, 3.8) is 0 Å². The number of aromatic nitrogens is 1. The van der Waals surface area contributed by atoms with Gasteiger partial charge < -0.3 is 10.6 Å². The molecule has 2 rings (SSSR count). The Morgan fingerprint density at radius 3 is 2.73 bits per heavy atom. The van der Waals surface area contributed by atoms with Crippen molar-refractivity contribution in [3.05, 3.63) is 23.5 Å². The maximum atomic E-state index is 12.0. The molecule has 4 heteroatoms. The molecule has 1 amide bonds. The van der Waals surface area contributed by atoms with Crippen LogP contribution in [0.1, 0.15) is 28.9 Å². The highest BCUT2D eigenvalue weighted by atomic mass is 16.2. The molecule has 4 nitrogen and oxygen atoms in total. The Bertz CT molecular complexity index is 383. The van der Waals surface area contributed by atoms with Crippen molar-refractivity contribution in [2.24, 2.45) is 0 Å². The summed E-state index contributed by atoms with van der Waals surface area (Å²) in [6.45, 7) is 3.54. The molecule has 2 heterocycles. The lowest BCUT2D eigenvalue weighted by molar-refractivity contribution is 0.0793. The first-order valence-electron chi connectivity index (χ1n) is 5.20.